The van der Waals surface area contributed by atoms with Crippen LogP contribution in [0.25, 0.3) is 0 Å². The van der Waals surface area contributed by atoms with Gasteiger partial charge in [-0.3, -0.25) is 4.79 Å². The lowest BCUT2D eigenvalue weighted by Crippen LogP contribution is -2.21. The Morgan fingerprint density at radius 1 is 1.50 bits per heavy atom. The second kappa shape index (κ2) is 4.53. The Morgan fingerprint density at radius 2 is 2.31 bits per heavy atom. The lowest BCUT2D eigenvalue weighted by molar-refractivity contribution is 0.675. The van der Waals surface area contributed by atoms with Gasteiger partial charge < -0.3 is 10.3 Å². The maximum atomic E-state index is 11.7. The largest absolute Gasteiger partial charge is 0.397 e. The normalized spacial score (nSPS) is 10.6. The van der Waals surface area contributed by atoms with Gasteiger partial charge in [0, 0.05) is 23.7 Å². The third-order valence-electron chi connectivity index (χ3n) is 2.55. The molecule has 4 heteroatoms. The number of nitrogen functional groups attached to an aromatic ring is 1. The van der Waals surface area contributed by atoms with Crippen molar-refractivity contribution < 1.29 is 0 Å². The van der Waals surface area contributed by atoms with Crippen molar-refractivity contribution in [2.24, 2.45) is 0 Å². The number of aryl methyl sites for hydroxylation is 3. The molecule has 2 N–H and O–H groups in total. The molecule has 0 aliphatic heterocycles. The number of anilines is 1. The summed E-state index contributed by atoms with van der Waals surface area (Å²) in [7, 11) is 0. The molecule has 0 aromatic carbocycles. The van der Waals surface area contributed by atoms with Crippen molar-refractivity contribution in [3.05, 3.63) is 50.6 Å². The van der Waals surface area contributed by atoms with Crippen LogP contribution in [0.4, 0.5) is 5.69 Å². The predicted molar refractivity (Wildman–Crippen MR) is 67.9 cm³/mol. The van der Waals surface area contributed by atoms with Gasteiger partial charge in [0.05, 0.1) is 5.69 Å². The number of hydrogen-bond donors (Lipinski definition) is 1. The number of nitrogens with zero attached hydrogens (tertiary/aromatic N) is 1. The van der Waals surface area contributed by atoms with Crippen molar-refractivity contribution in [2.45, 2.75) is 19.9 Å². The molecule has 0 aliphatic rings. The summed E-state index contributed by atoms with van der Waals surface area (Å²) in [6, 6.07) is 5.68. The minimum atomic E-state index is 0.0169. The van der Waals surface area contributed by atoms with E-state index in [4.69, 9.17) is 5.73 Å². The average molecular weight is 234 g/mol. The van der Waals surface area contributed by atoms with Gasteiger partial charge in [-0.1, -0.05) is 6.07 Å². The Bertz CT molecular complexity index is 528. The zero-order chi connectivity index (χ0) is 11.5. The van der Waals surface area contributed by atoms with Crippen molar-refractivity contribution in [1.29, 1.82) is 0 Å². The molecule has 0 radical (unpaired) electrons. The highest BCUT2D eigenvalue weighted by atomic mass is 32.1. The van der Waals surface area contributed by atoms with Gasteiger partial charge in [-0.05, 0) is 30.4 Å². The molecule has 3 nitrogen and oxygen atoms in total. The zero-order valence-electron chi connectivity index (χ0n) is 9.14. The summed E-state index contributed by atoms with van der Waals surface area (Å²) in [5, 5.41) is 2.04. The standard InChI is InChI=1S/C12H14N2OS/c1-9-7-12(15)14(8-11(9)13)5-4-10-3-2-6-16-10/h2-3,6-8H,4-5,13H2,1H3. The number of pyridine rings is 1. The van der Waals surface area contributed by atoms with Crippen LogP contribution in [0, 0.1) is 6.92 Å². The Labute approximate surface area is 98.2 Å². The van der Waals surface area contributed by atoms with Crippen LogP contribution < -0.4 is 11.3 Å². The molecular weight excluding hydrogens is 220 g/mol. The molecule has 84 valence electrons. The minimum Gasteiger partial charge on any atom is -0.397 e. The van der Waals surface area contributed by atoms with Gasteiger partial charge in [0.1, 0.15) is 0 Å². The Balaban J connectivity index is 2.16. The summed E-state index contributed by atoms with van der Waals surface area (Å²) in [5.41, 5.74) is 7.32. The fraction of sp³-hybridized carbons (Fsp3) is 0.250. The van der Waals surface area contributed by atoms with Crippen molar-refractivity contribution in [1.82, 2.24) is 4.57 Å². The van der Waals surface area contributed by atoms with Crippen molar-refractivity contribution >= 4 is 17.0 Å². The molecule has 2 aromatic heterocycles. The second-order valence-electron chi connectivity index (χ2n) is 3.77. The fourth-order valence-corrected chi connectivity index (χ4v) is 2.24. The van der Waals surface area contributed by atoms with Gasteiger partial charge in [0.25, 0.3) is 5.56 Å². The van der Waals surface area contributed by atoms with Crippen LogP contribution in [0.5, 0.6) is 0 Å². The van der Waals surface area contributed by atoms with E-state index in [-0.39, 0.29) is 5.56 Å². The first-order chi connectivity index (χ1) is 7.66. The van der Waals surface area contributed by atoms with Gasteiger partial charge in [0.15, 0.2) is 0 Å². The molecule has 0 bridgehead atoms. The van der Waals surface area contributed by atoms with E-state index in [1.807, 2.05) is 18.4 Å². The van der Waals surface area contributed by atoms with Crippen LogP contribution in [-0.2, 0) is 13.0 Å². The summed E-state index contributed by atoms with van der Waals surface area (Å²) in [6.45, 7) is 2.53. The quantitative estimate of drug-likeness (QED) is 0.883. The fourth-order valence-electron chi connectivity index (χ4n) is 1.55. The van der Waals surface area contributed by atoms with Crippen LogP contribution in [0.15, 0.2) is 34.6 Å². The molecule has 2 aromatic rings. The van der Waals surface area contributed by atoms with Gasteiger partial charge in [-0.15, -0.1) is 11.3 Å². The highest BCUT2D eigenvalue weighted by Gasteiger charge is 2.01. The topological polar surface area (TPSA) is 48.0 Å². The third-order valence-corrected chi connectivity index (χ3v) is 3.49. The van der Waals surface area contributed by atoms with Crippen LogP contribution in [-0.4, -0.2) is 4.57 Å². The number of aromatic nitrogens is 1. The number of hydrogen-bond acceptors (Lipinski definition) is 3. The van der Waals surface area contributed by atoms with E-state index in [1.54, 1.807) is 28.2 Å². The maximum absolute atomic E-state index is 11.7. The van der Waals surface area contributed by atoms with E-state index in [1.165, 1.54) is 4.88 Å². The zero-order valence-corrected chi connectivity index (χ0v) is 9.96. The molecule has 0 unspecified atom stereocenters. The Morgan fingerprint density at radius 3 is 3.00 bits per heavy atom. The van der Waals surface area contributed by atoms with E-state index in [0.717, 1.165) is 12.0 Å². The maximum Gasteiger partial charge on any atom is 0.250 e. The highest BCUT2D eigenvalue weighted by Crippen LogP contribution is 2.11. The second-order valence-corrected chi connectivity index (χ2v) is 4.81. The Hall–Kier alpha value is -1.55. The van der Waals surface area contributed by atoms with Crippen LogP contribution >= 0.6 is 11.3 Å². The lowest BCUT2D eigenvalue weighted by atomic mass is 10.2. The number of nitrogens with two attached hydrogens (primary N) is 1. The SMILES string of the molecule is Cc1cc(=O)n(CCc2cccs2)cc1N. The number of thiophene rings is 1. The first-order valence-corrected chi connectivity index (χ1v) is 6.04. The molecule has 0 saturated carbocycles. The Kier molecular flexibility index (Phi) is 3.10. The van der Waals surface area contributed by atoms with Crippen molar-refractivity contribution in [2.75, 3.05) is 5.73 Å². The molecule has 2 rings (SSSR count). The summed E-state index contributed by atoms with van der Waals surface area (Å²) in [6.07, 6.45) is 2.60. The molecule has 2 heterocycles. The van der Waals surface area contributed by atoms with E-state index < -0.39 is 0 Å². The minimum absolute atomic E-state index is 0.0169. The van der Waals surface area contributed by atoms with Gasteiger partial charge in [-0.2, -0.15) is 0 Å². The predicted octanol–water partition coefficient (Wildman–Crippen LogP) is 2.04. The molecule has 0 atom stereocenters. The van der Waals surface area contributed by atoms with Gasteiger partial charge in [0.2, 0.25) is 0 Å². The van der Waals surface area contributed by atoms with Crippen molar-refractivity contribution in [3.8, 4) is 0 Å². The first-order valence-electron chi connectivity index (χ1n) is 5.16. The van der Waals surface area contributed by atoms with Crippen LogP contribution in [0.2, 0.25) is 0 Å². The van der Waals surface area contributed by atoms with E-state index in [2.05, 4.69) is 6.07 Å². The molecule has 0 aliphatic carbocycles. The molecule has 0 amide bonds. The highest BCUT2D eigenvalue weighted by molar-refractivity contribution is 7.09. The molecule has 0 saturated heterocycles. The van der Waals surface area contributed by atoms with E-state index in [0.29, 0.717) is 12.2 Å². The smallest absolute Gasteiger partial charge is 0.250 e. The third kappa shape index (κ3) is 2.33. The first kappa shape index (κ1) is 11.0. The van der Waals surface area contributed by atoms with Crippen molar-refractivity contribution in [3.63, 3.8) is 0 Å². The van der Waals surface area contributed by atoms with E-state index >= 15 is 0 Å². The number of rotatable bonds is 3. The van der Waals surface area contributed by atoms with Crippen LogP contribution in [0.1, 0.15) is 10.4 Å². The molecule has 16 heavy (non-hydrogen) atoms. The summed E-state index contributed by atoms with van der Waals surface area (Å²) in [4.78, 5) is 12.9. The van der Waals surface area contributed by atoms with Gasteiger partial charge >= 0.3 is 0 Å². The summed E-state index contributed by atoms with van der Waals surface area (Å²) >= 11 is 1.71. The van der Waals surface area contributed by atoms with E-state index in [9.17, 15) is 4.79 Å². The summed E-state index contributed by atoms with van der Waals surface area (Å²) in [5.74, 6) is 0. The molecular formula is C12H14N2OS. The van der Waals surface area contributed by atoms with Crippen LogP contribution in [0.3, 0.4) is 0 Å². The lowest BCUT2D eigenvalue weighted by Gasteiger charge is -2.07. The monoisotopic (exact) mass is 234 g/mol. The summed E-state index contributed by atoms with van der Waals surface area (Å²) < 4.78 is 1.67. The average Bonchev–Trinajstić information content (AvgIpc) is 2.74. The molecule has 0 spiro atoms. The molecule has 0 fully saturated rings. The van der Waals surface area contributed by atoms with Gasteiger partial charge in [-0.25, -0.2) is 0 Å².